The van der Waals surface area contributed by atoms with Gasteiger partial charge >= 0.3 is 0 Å². The second-order valence-corrected chi connectivity index (χ2v) is 8.64. The summed E-state index contributed by atoms with van der Waals surface area (Å²) in [6.07, 6.45) is 0. The topological polar surface area (TPSA) is 72.5 Å². The summed E-state index contributed by atoms with van der Waals surface area (Å²) in [6, 6.07) is 10.8. The van der Waals surface area contributed by atoms with Crippen molar-refractivity contribution in [2.75, 3.05) is 6.61 Å². The molecule has 24 heavy (non-hydrogen) atoms. The Hall–Kier alpha value is -1.86. The summed E-state index contributed by atoms with van der Waals surface area (Å²) in [5.74, 6) is -0.177. The first-order valence-corrected chi connectivity index (χ1v) is 10.3. The molecule has 1 heterocycles. The largest absolute Gasteiger partial charge is 0.494 e. The van der Waals surface area contributed by atoms with Crippen LogP contribution in [0.5, 0.6) is 5.75 Å². The van der Waals surface area contributed by atoms with Gasteiger partial charge in [0.1, 0.15) is 11.0 Å². The highest BCUT2D eigenvalue weighted by atomic mass is 32.2. The van der Waals surface area contributed by atoms with Crippen LogP contribution in [-0.2, 0) is 26.9 Å². The second-order valence-electron chi connectivity index (χ2n) is 5.29. The molecule has 1 unspecified atom stereocenters. The van der Waals surface area contributed by atoms with E-state index in [9.17, 15) is 13.2 Å². The molecule has 0 aliphatic rings. The SMILES string of the molecule is CCOc1ccccc1CS(=O)(=O)C(C)C(=O)NCc1cccs1. The standard InChI is InChI=1S/C17H21NO4S2/c1-3-22-16-9-5-4-7-14(16)12-24(20,21)13(2)17(19)18-11-15-8-6-10-23-15/h4-10,13H,3,11-12H2,1-2H3,(H,18,19). The van der Waals surface area contributed by atoms with E-state index in [0.29, 0.717) is 24.5 Å². The molecule has 0 aliphatic heterocycles. The zero-order chi connectivity index (χ0) is 17.6. The molecule has 130 valence electrons. The molecule has 0 saturated heterocycles. The first-order valence-electron chi connectivity index (χ1n) is 7.66. The fourth-order valence-electron chi connectivity index (χ4n) is 2.16. The van der Waals surface area contributed by atoms with Gasteiger partial charge in [0.05, 0.1) is 18.9 Å². The molecule has 0 saturated carbocycles. The summed E-state index contributed by atoms with van der Waals surface area (Å²) in [5.41, 5.74) is 0.567. The van der Waals surface area contributed by atoms with Crippen LogP contribution in [0.4, 0.5) is 0 Å². The molecule has 0 bridgehead atoms. The van der Waals surface area contributed by atoms with E-state index in [1.54, 1.807) is 24.3 Å². The van der Waals surface area contributed by atoms with Gasteiger partial charge < -0.3 is 10.1 Å². The highest BCUT2D eigenvalue weighted by Gasteiger charge is 2.29. The molecule has 2 aromatic rings. The summed E-state index contributed by atoms with van der Waals surface area (Å²) in [4.78, 5) is 13.1. The lowest BCUT2D eigenvalue weighted by molar-refractivity contribution is -0.120. The van der Waals surface area contributed by atoms with Crippen LogP contribution in [0.2, 0.25) is 0 Å². The minimum Gasteiger partial charge on any atom is -0.494 e. The maximum atomic E-state index is 12.5. The van der Waals surface area contributed by atoms with Crippen molar-refractivity contribution in [1.82, 2.24) is 5.32 Å². The highest BCUT2D eigenvalue weighted by molar-refractivity contribution is 7.92. The summed E-state index contributed by atoms with van der Waals surface area (Å²) >= 11 is 1.51. The fourth-order valence-corrected chi connectivity index (χ4v) is 4.13. The van der Waals surface area contributed by atoms with E-state index < -0.39 is 21.0 Å². The number of carbonyl (C=O) groups is 1. The Morgan fingerprint density at radius 3 is 2.67 bits per heavy atom. The van der Waals surface area contributed by atoms with Crippen LogP contribution in [0.1, 0.15) is 24.3 Å². The van der Waals surface area contributed by atoms with Gasteiger partial charge in [-0.25, -0.2) is 8.42 Å². The van der Waals surface area contributed by atoms with Crippen LogP contribution in [0.15, 0.2) is 41.8 Å². The molecule has 0 fully saturated rings. The highest BCUT2D eigenvalue weighted by Crippen LogP contribution is 2.22. The first-order chi connectivity index (χ1) is 11.4. The molecule has 5 nitrogen and oxygen atoms in total. The Kier molecular flexibility index (Phi) is 6.39. The number of ether oxygens (including phenoxy) is 1. The Bertz CT molecular complexity index is 770. The molecule has 1 N–H and O–H groups in total. The van der Waals surface area contributed by atoms with E-state index in [0.717, 1.165) is 4.88 Å². The van der Waals surface area contributed by atoms with Crippen molar-refractivity contribution >= 4 is 27.1 Å². The molecule has 7 heteroatoms. The van der Waals surface area contributed by atoms with Gasteiger partial charge in [0.15, 0.2) is 9.84 Å². The quantitative estimate of drug-likeness (QED) is 0.779. The van der Waals surface area contributed by atoms with E-state index in [4.69, 9.17) is 4.74 Å². The van der Waals surface area contributed by atoms with Crippen molar-refractivity contribution in [2.24, 2.45) is 0 Å². The number of rotatable bonds is 8. The van der Waals surface area contributed by atoms with Crippen LogP contribution in [-0.4, -0.2) is 26.2 Å². The average Bonchev–Trinajstić information content (AvgIpc) is 3.07. The van der Waals surface area contributed by atoms with Gasteiger partial charge in [0.2, 0.25) is 5.91 Å². The Balaban J connectivity index is 2.04. The molecular formula is C17H21NO4S2. The number of nitrogens with one attached hydrogen (secondary N) is 1. The summed E-state index contributed by atoms with van der Waals surface area (Å²) in [7, 11) is -3.63. The number of hydrogen-bond donors (Lipinski definition) is 1. The predicted octanol–water partition coefficient (Wildman–Crippen LogP) is 2.77. The van der Waals surface area contributed by atoms with E-state index in [-0.39, 0.29) is 5.75 Å². The van der Waals surface area contributed by atoms with Crippen LogP contribution in [0.25, 0.3) is 0 Å². The number of benzene rings is 1. The first kappa shape index (κ1) is 18.5. The van der Waals surface area contributed by atoms with Gasteiger partial charge in [0.25, 0.3) is 0 Å². The zero-order valence-electron chi connectivity index (χ0n) is 13.7. The van der Waals surface area contributed by atoms with Gasteiger partial charge in [0, 0.05) is 10.4 Å². The molecule has 1 aromatic heterocycles. The van der Waals surface area contributed by atoms with E-state index >= 15 is 0 Å². The number of amides is 1. The van der Waals surface area contributed by atoms with Crippen molar-refractivity contribution in [2.45, 2.75) is 31.4 Å². The molecule has 1 atom stereocenters. The molecule has 0 radical (unpaired) electrons. The third-order valence-corrected chi connectivity index (χ3v) is 6.44. The van der Waals surface area contributed by atoms with Crippen LogP contribution in [0.3, 0.4) is 0 Å². The zero-order valence-corrected chi connectivity index (χ0v) is 15.3. The van der Waals surface area contributed by atoms with Crippen molar-refractivity contribution in [3.8, 4) is 5.75 Å². The molecule has 2 rings (SSSR count). The van der Waals surface area contributed by atoms with Crippen molar-refractivity contribution in [3.05, 3.63) is 52.2 Å². The lowest BCUT2D eigenvalue weighted by Crippen LogP contribution is -2.38. The number of para-hydroxylation sites is 1. The minimum atomic E-state index is -3.63. The van der Waals surface area contributed by atoms with Crippen LogP contribution < -0.4 is 10.1 Å². The average molecular weight is 367 g/mol. The third kappa shape index (κ3) is 4.82. The van der Waals surface area contributed by atoms with Gasteiger partial charge in [-0.2, -0.15) is 0 Å². The molecule has 1 amide bonds. The number of sulfone groups is 1. The predicted molar refractivity (Wildman–Crippen MR) is 95.9 cm³/mol. The monoisotopic (exact) mass is 367 g/mol. The maximum Gasteiger partial charge on any atom is 0.238 e. The molecular weight excluding hydrogens is 346 g/mol. The van der Waals surface area contributed by atoms with E-state index in [1.807, 2.05) is 24.4 Å². The third-order valence-electron chi connectivity index (χ3n) is 3.55. The summed E-state index contributed by atoms with van der Waals surface area (Å²) in [6.45, 7) is 4.05. The Morgan fingerprint density at radius 2 is 2.00 bits per heavy atom. The molecule has 0 aliphatic carbocycles. The maximum absolute atomic E-state index is 12.5. The molecule has 1 aromatic carbocycles. The van der Waals surface area contributed by atoms with Gasteiger partial charge in [-0.3, -0.25) is 4.79 Å². The lowest BCUT2D eigenvalue weighted by atomic mass is 10.2. The van der Waals surface area contributed by atoms with Gasteiger partial charge in [-0.05, 0) is 31.4 Å². The van der Waals surface area contributed by atoms with E-state index in [2.05, 4.69) is 5.32 Å². The van der Waals surface area contributed by atoms with Crippen molar-refractivity contribution < 1.29 is 17.9 Å². The number of thiophene rings is 1. The lowest BCUT2D eigenvalue weighted by Gasteiger charge is -2.15. The fraction of sp³-hybridized carbons (Fsp3) is 0.353. The van der Waals surface area contributed by atoms with Gasteiger partial charge in [-0.1, -0.05) is 24.3 Å². The minimum absolute atomic E-state index is 0.225. The van der Waals surface area contributed by atoms with Crippen LogP contribution >= 0.6 is 11.3 Å². The van der Waals surface area contributed by atoms with Crippen LogP contribution in [0, 0.1) is 0 Å². The number of carbonyl (C=O) groups excluding carboxylic acids is 1. The Morgan fingerprint density at radius 1 is 1.25 bits per heavy atom. The van der Waals surface area contributed by atoms with Crippen molar-refractivity contribution in [1.29, 1.82) is 0 Å². The summed E-state index contributed by atoms with van der Waals surface area (Å²) < 4.78 is 30.5. The molecule has 0 spiro atoms. The van der Waals surface area contributed by atoms with Gasteiger partial charge in [-0.15, -0.1) is 11.3 Å². The Labute approximate surface area is 146 Å². The number of hydrogen-bond acceptors (Lipinski definition) is 5. The second kappa shape index (κ2) is 8.30. The van der Waals surface area contributed by atoms with Crippen molar-refractivity contribution in [3.63, 3.8) is 0 Å². The smallest absolute Gasteiger partial charge is 0.238 e. The normalized spacial score (nSPS) is 12.6. The van der Waals surface area contributed by atoms with E-state index in [1.165, 1.54) is 18.3 Å². The summed E-state index contributed by atoms with van der Waals surface area (Å²) in [5, 5.41) is 3.47.